The van der Waals surface area contributed by atoms with Gasteiger partial charge in [0, 0.05) is 35.8 Å². The Labute approximate surface area is 128 Å². The summed E-state index contributed by atoms with van der Waals surface area (Å²) in [5.41, 5.74) is 0. The third-order valence-corrected chi connectivity index (χ3v) is 6.72. The second-order valence-corrected chi connectivity index (χ2v) is 7.89. The molecule has 1 unspecified atom stereocenters. The van der Waals surface area contributed by atoms with Crippen LogP contribution in [0.5, 0.6) is 0 Å². The highest BCUT2D eigenvalue weighted by molar-refractivity contribution is 7.99. The van der Waals surface area contributed by atoms with E-state index >= 15 is 0 Å². The fourth-order valence-electron chi connectivity index (χ4n) is 2.54. The smallest absolute Gasteiger partial charge is 0.244 e. The lowest BCUT2D eigenvalue weighted by atomic mass is 10.2. The van der Waals surface area contributed by atoms with E-state index in [-0.39, 0.29) is 17.5 Å². The Kier molecular flexibility index (Phi) is 4.17. The molecule has 5 nitrogen and oxygen atoms in total. The molecule has 3 rings (SSSR count). The fourth-order valence-corrected chi connectivity index (χ4v) is 5.61. The molecule has 2 aromatic rings. The van der Waals surface area contributed by atoms with Crippen molar-refractivity contribution in [2.75, 3.05) is 24.7 Å². The van der Waals surface area contributed by atoms with Gasteiger partial charge >= 0.3 is 0 Å². The number of thioether (sulfide) groups is 1. The number of hydrogen-bond acceptors (Lipinski definition) is 5. The summed E-state index contributed by atoms with van der Waals surface area (Å²) in [6.45, 7) is 0.268. The van der Waals surface area contributed by atoms with E-state index in [1.165, 1.54) is 4.31 Å². The molecule has 1 aromatic heterocycles. The van der Waals surface area contributed by atoms with Crippen LogP contribution in [0.25, 0.3) is 10.8 Å². The summed E-state index contributed by atoms with van der Waals surface area (Å²) in [6, 6.07) is 6.65. The molecule has 1 atom stereocenters. The molecule has 21 heavy (non-hydrogen) atoms. The van der Waals surface area contributed by atoms with Gasteiger partial charge < -0.3 is 5.11 Å². The number of aliphatic hydroxyl groups excluding tert-OH is 1. The molecule has 0 spiro atoms. The van der Waals surface area contributed by atoms with Crippen molar-refractivity contribution < 1.29 is 13.5 Å². The monoisotopic (exact) mass is 324 g/mol. The minimum atomic E-state index is -3.63. The summed E-state index contributed by atoms with van der Waals surface area (Å²) >= 11 is 1.67. The summed E-state index contributed by atoms with van der Waals surface area (Å²) in [4.78, 5) is 4.30. The van der Waals surface area contributed by atoms with Crippen LogP contribution in [0.15, 0.2) is 41.6 Å². The summed E-state index contributed by atoms with van der Waals surface area (Å²) in [5.74, 6) is 1.37. The molecule has 112 valence electrons. The van der Waals surface area contributed by atoms with Gasteiger partial charge in [0.1, 0.15) is 0 Å². The van der Waals surface area contributed by atoms with Crippen LogP contribution in [0, 0.1) is 0 Å². The molecule has 0 bridgehead atoms. The number of aliphatic hydroxyl groups is 1. The third-order valence-electron chi connectivity index (χ3n) is 3.61. The Hall–Kier alpha value is -1.15. The minimum Gasteiger partial charge on any atom is -0.395 e. The first-order chi connectivity index (χ1) is 10.1. The standard InChI is InChI=1S/C14H16N2O3S2/c17-9-12-10-20-7-6-16(12)21(18,19)14-3-1-2-11-4-5-15-8-13(11)14/h1-5,8,12,17H,6-7,9-10H2. The van der Waals surface area contributed by atoms with Crippen molar-refractivity contribution >= 4 is 32.6 Å². The molecule has 1 saturated heterocycles. The van der Waals surface area contributed by atoms with E-state index in [9.17, 15) is 13.5 Å². The Morgan fingerprint density at radius 1 is 1.38 bits per heavy atom. The summed E-state index contributed by atoms with van der Waals surface area (Å²) in [6.07, 6.45) is 3.22. The maximum atomic E-state index is 12.9. The molecule has 1 aromatic carbocycles. The van der Waals surface area contributed by atoms with Crippen molar-refractivity contribution in [2.24, 2.45) is 0 Å². The van der Waals surface area contributed by atoms with Gasteiger partial charge in [-0.15, -0.1) is 0 Å². The third kappa shape index (κ3) is 2.66. The topological polar surface area (TPSA) is 70.5 Å². The second-order valence-electron chi connectivity index (χ2n) is 4.88. The Bertz CT molecular complexity index is 743. The fraction of sp³-hybridized carbons (Fsp3) is 0.357. The van der Waals surface area contributed by atoms with E-state index in [2.05, 4.69) is 4.98 Å². The first-order valence-corrected chi connectivity index (χ1v) is 9.27. The first-order valence-electron chi connectivity index (χ1n) is 6.68. The number of benzene rings is 1. The number of aromatic nitrogens is 1. The largest absolute Gasteiger partial charge is 0.395 e. The van der Waals surface area contributed by atoms with Gasteiger partial charge in [-0.1, -0.05) is 12.1 Å². The van der Waals surface area contributed by atoms with Crippen LogP contribution < -0.4 is 0 Å². The first kappa shape index (κ1) is 14.8. The minimum absolute atomic E-state index is 0.157. The quantitative estimate of drug-likeness (QED) is 0.922. The van der Waals surface area contributed by atoms with Gasteiger partial charge in [0.05, 0.1) is 17.5 Å². The lowest BCUT2D eigenvalue weighted by molar-refractivity contribution is 0.202. The zero-order valence-corrected chi connectivity index (χ0v) is 13.0. The molecule has 1 fully saturated rings. The highest BCUT2D eigenvalue weighted by Crippen LogP contribution is 2.29. The van der Waals surface area contributed by atoms with Gasteiger partial charge in [0.2, 0.25) is 10.0 Å². The second kappa shape index (κ2) is 5.92. The van der Waals surface area contributed by atoms with Crippen molar-refractivity contribution in [1.82, 2.24) is 9.29 Å². The van der Waals surface area contributed by atoms with Crippen LogP contribution in [-0.2, 0) is 10.0 Å². The lowest BCUT2D eigenvalue weighted by Crippen LogP contribution is -2.47. The molecule has 0 saturated carbocycles. The van der Waals surface area contributed by atoms with E-state index in [1.807, 2.05) is 6.07 Å². The molecule has 7 heteroatoms. The van der Waals surface area contributed by atoms with Crippen LogP contribution >= 0.6 is 11.8 Å². The Morgan fingerprint density at radius 2 is 2.24 bits per heavy atom. The van der Waals surface area contributed by atoms with E-state index in [0.717, 1.165) is 11.1 Å². The molecular formula is C14H16N2O3S2. The van der Waals surface area contributed by atoms with Crippen LogP contribution in [0.1, 0.15) is 0 Å². The predicted molar refractivity (Wildman–Crippen MR) is 83.8 cm³/mol. The summed E-state index contributed by atoms with van der Waals surface area (Å²) in [7, 11) is -3.63. The van der Waals surface area contributed by atoms with E-state index in [4.69, 9.17) is 0 Å². The number of sulfonamides is 1. The maximum Gasteiger partial charge on any atom is 0.244 e. The molecule has 1 aliphatic heterocycles. The highest BCUT2D eigenvalue weighted by Gasteiger charge is 2.34. The average Bonchev–Trinajstić information content (AvgIpc) is 2.54. The van der Waals surface area contributed by atoms with Crippen LogP contribution in [0.4, 0.5) is 0 Å². The van der Waals surface area contributed by atoms with Crippen LogP contribution in [0.2, 0.25) is 0 Å². The lowest BCUT2D eigenvalue weighted by Gasteiger charge is -2.33. The van der Waals surface area contributed by atoms with Crippen molar-refractivity contribution in [3.05, 3.63) is 36.7 Å². The van der Waals surface area contributed by atoms with Crippen molar-refractivity contribution in [3.63, 3.8) is 0 Å². The van der Waals surface area contributed by atoms with Crippen molar-refractivity contribution in [1.29, 1.82) is 0 Å². The van der Waals surface area contributed by atoms with E-state index in [1.54, 1.807) is 42.4 Å². The molecule has 1 N–H and O–H groups in total. The number of pyridine rings is 1. The Morgan fingerprint density at radius 3 is 3.05 bits per heavy atom. The van der Waals surface area contributed by atoms with Crippen LogP contribution in [0.3, 0.4) is 0 Å². The summed E-state index contributed by atoms with van der Waals surface area (Å²) < 4.78 is 27.3. The van der Waals surface area contributed by atoms with Crippen LogP contribution in [-0.4, -0.2) is 53.5 Å². The van der Waals surface area contributed by atoms with E-state index < -0.39 is 10.0 Å². The molecule has 0 radical (unpaired) electrons. The highest BCUT2D eigenvalue weighted by atomic mass is 32.2. The van der Waals surface area contributed by atoms with Gasteiger partial charge in [-0.2, -0.15) is 16.1 Å². The summed E-state index contributed by atoms with van der Waals surface area (Å²) in [5, 5.41) is 10.9. The Balaban J connectivity index is 2.12. The molecule has 0 amide bonds. The maximum absolute atomic E-state index is 12.9. The predicted octanol–water partition coefficient (Wildman–Crippen LogP) is 1.33. The molecule has 2 heterocycles. The average molecular weight is 324 g/mol. The molecule has 1 aliphatic rings. The van der Waals surface area contributed by atoms with E-state index in [0.29, 0.717) is 17.7 Å². The molecule has 0 aliphatic carbocycles. The van der Waals surface area contributed by atoms with Crippen molar-refractivity contribution in [3.8, 4) is 0 Å². The number of fused-ring (bicyclic) bond motifs is 1. The number of nitrogens with zero attached hydrogens (tertiary/aromatic N) is 2. The van der Waals surface area contributed by atoms with Gasteiger partial charge in [0.15, 0.2) is 0 Å². The zero-order valence-electron chi connectivity index (χ0n) is 11.3. The number of hydrogen-bond donors (Lipinski definition) is 1. The van der Waals surface area contributed by atoms with Gasteiger partial charge in [-0.25, -0.2) is 8.42 Å². The number of rotatable bonds is 3. The van der Waals surface area contributed by atoms with Gasteiger partial charge in [0.25, 0.3) is 0 Å². The van der Waals surface area contributed by atoms with Crippen molar-refractivity contribution in [2.45, 2.75) is 10.9 Å². The molecular weight excluding hydrogens is 308 g/mol. The SMILES string of the molecule is O=S(=O)(c1cccc2ccncc12)N1CCSCC1CO. The zero-order chi connectivity index (χ0) is 14.9. The van der Waals surface area contributed by atoms with Gasteiger partial charge in [-0.05, 0) is 17.5 Å². The van der Waals surface area contributed by atoms with Gasteiger partial charge in [-0.3, -0.25) is 4.98 Å². The normalized spacial score (nSPS) is 20.7.